The lowest BCUT2D eigenvalue weighted by Crippen LogP contribution is -2.78. The topological polar surface area (TPSA) is 0 Å². The van der Waals surface area contributed by atoms with E-state index < -0.39 is 27.8 Å². The lowest BCUT2D eigenvalue weighted by atomic mass is 10.4. The van der Waals surface area contributed by atoms with Gasteiger partial charge in [0.05, 0.1) is 7.59 Å². The lowest BCUT2D eigenvalue weighted by Gasteiger charge is -2.45. The van der Waals surface area contributed by atoms with Gasteiger partial charge in [-0.05, 0) is 6.04 Å². The Morgan fingerprint density at radius 1 is 0.607 bits per heavy atom. The van der Waals surface area contributed by atoms with Crippen molar-refractivity contribution in [2.24, 2.45) is 0 Å². The third kappa shape index (κ3) is 4.00. The minimum absolute atomic E-state index is 0.201. The molecule has 1 atom stereocenters. The number of alkyl halides is 3. The van der Waals surface area contributed by atoms with Gasteiger partial charge < -0.3 is 0 Å². The summed E-state index contributed by atoms with van der Waals surface area (Å²) in [5, 5.41) is 3.53. The number of hydrogen-bond acceptors (Lipinski definition) is 0. The van der Waals surface area contributed by atoms with Gasteiger partial charge in [0.15, 0.2) is 0 Å². The molecule has 146 valence electrons. The quantitative estimate of drug-likeness (QED) is 0.504. The monoisotopic (exact) mass is 414 g/mol. The van der Waals surface area contributed by atoms with E-state index in [0.29, 0.717) is 0 Å². The summed E-state index contributed by atoms with van der Waals surface area (Å²) in [7, 11) is -5.01. The van der Waals surface area contributed by atoms with Crippen LogP contribution in [0.2, 0.25) is 19.1 Å². The Morgan fingerprint density at radius 3 is 1.32 bits per heavy atom. The fraction of sp³-hybridized carbons (Fsp3) is 0.217. The number of rotatable bonds is 6. The van der Waals surface area contributed by atoms with Crippen LogP contribution in [-0.4, -0.2) is 21.4 Å². The molecule has 28 heavy (non-hydrogen) atoms. The lowest BCUT2D eigenvalue weighted by molar-refractivity contribution is -0.130. The molecular weight excluding hydrogens is 389 g/mol. The molecule has 0 heterocycles. The Labute approximate surface area is 166 Å². The number of benzene rings is 3. The van der Waals surface area contributed by atoms with E-state index in [2.05, 4.69) is 37.4 Å². The van der Waals surface area contributed by atoms with Gasteiger partial charge in [0, 0.05) is 6.42 Å². The van der Waals surface area contributed by atoms with Crippen molar-refractivity contribution in [3.63, 3.8) is 0 Å². The van der Waals surface area contributed by atoms with Crippen molar-refractivity contribution in [3.8, 4) is 0 Å². The molecule has 1 unspecified atom stereocenters. The molecule has 3 aromatic carbocycles. The predicted octanol–water partition coefficient (Wildman–Crippen LogP) is 4.90. The fourth-order valence-corrected chi connectivity index (χ4v) is 19.6. The van der Waals surface area contributed by atoms with E-state index in [1.807, 2.05) is 66.7 Å². The van der Waals surface area contributed by atoms with E-state index in [-0.39, 0.29) is 6.04 Å². The van der Waals surface area contributed by atoms with Gasteiger partial charge in [-0.3, -0.25) is 0 Å². The summed E-state index contributed by atoms with van der Waals surface area (Å²) < 4.78 is 40.0. The highest BCUT2D eigenvalue weighted by atomic mass is 29.3. The van der Waals surface area contributed by atoms with Crippen molar-refractivity contribution in [3.05, 3.63) is 91.0 Å². The second-order valence-corrected chi connectivity index (χ2v) is 21.1. The van der Waals surface area contributed by atoms with Crippen molar-refractivity contribution in [1.29, 1.82) is 0 Å². The van der Waals surface area contributed by atoms with Crippen LogP contribution >= 0.6 is 0 Å². The SMILES string of the molecule is C[Si](CCC(F)(F)F)(c1ccccc1)[Si](C)(c1ccccc1)c1ccccc1. The minimum atomic E-state index is -4.15. The standard InChI is InChI=1S/C23H25F3Si2/c1-27(19-18-23(24,25)26,20-12-6-3-7-13-20)28(2,21-14-8-4-9-15-21)22-16-10-5-11-17-22/h3-17H,18-19H2,1-2H3. The number of hydrogen-bond donors (Lipinski definition) is 0. The Balaban J connectivity index is 2.26. The molecule has 0 bridgehead atoms. The first kappa shape index (κ1) is 20.6. The van der Waals surface area contributed by atoms with Crippen LogP contribution < -0.4 is 15.6 Å². The second kappa shape index (κ2) is 8.09. The Hall–Kier alpha value is -2.12. The molecule has 3 rings (SSSR count). The molecule has 0 saturated heterocycles. The van der Waals surface area contributed by atoms with Crippen LogP contribution in [0.5, 0.6) is 0 Å². The van der Waals surface area contributed by atoms with E-state index in [1.54, 1.807) is 0 Å². The molecule has 0 aromatic heterocycles. The van der Waals surface area contributed by atoms with Crippen molar-refractivity contribution >= 4 is 30.7 Å². The van der Waals surface area contributed by atoms with Crippen molar-refractivity contribution < 1.29 is 13.2 Å². The van der Waals surface area contributed by atoms with Crippen LogP contribution in [0.15, 0.2) is 91.0 Å². The molecule has 5 heteroatoms. The van der Waals surface area contributed by atoms with Gasteiger partial charge in [0.25, 0.3) is 0 Å². The van der Waals surface area contributed by atoms with Gasteiger partial charge in [-0.25, -0.2) is 0 Å². The minimum Gasteiger partial charge on any atom is -0.171 e. The average Bonchev–Trinajstić information content (AvgIpc) is 2.72. The van der Waals surface area contributed by atoms with E-state index in [4.69, 9.17) is 0 Å². The first-order chi connectivity index (χ1) is 13.3. The summed E-state index contributed by atoms with van der Waals surface area (Å²) in [4.78, 5) is 0. The normalized spacial score (nSPS) is 14.5. The molecule has 0 amide bonds. The molecule has 0 nitrogen and oxygen atoms in total. The molecule has 0 N–H and O–H groups in total. The summed E-state index contributed by atoms with van der Waals surface area (Å²) in [6, 6.07) is 30.6. The molecule has 0 aliphatic carbocycles. The van der Waals surface area contributed by atoms with Crippen molar-refractivity contribution in [2.45, 2.75) is 31.7 Å². The molecular formula is C23H25F3Si2. The predicted molar refractivity (Wildman–Crippen MR) is 117 cm³/mol. The molecule has 0 radical (unpaired) electrons. The van der Waals surface area contributed by atoms with E-state index >= 15 is 0 Å². The fourth-order valence-electron chi connectivity index (χ4n) is 4.23. The van der Waals surface area contributed by atoms with E-state index in [9.17, 15) is 13.2 Å². The van der Waals surface area contributed by atoms with Gasteiger partial charge in [0.1, 0.15) is 7.59 Å². The Morgan fingerprint density at radius 2 is 0.964 bits per heavy atom. The average molecular weight is 415 g/mol. The molecule has 0 aliphatic rings. The molecule has 0 saturated carbocycles. The third-order valence-corrected chi connectivity index (χ3v) is 24.1. The first-order valence-electron chi connectivity index (χ1n) is 9.51. The van der Waals surface area contributed by atoms with Crippen LogP contribution in [0.25, 0.3) is 0 Å². The maximum Gasteiger partial charge on any atom is 0.388 e. The van der Waals surface area contributed by atoms with Gasteiger partial charge in [0.2, 0.25) is 0 Å². The zero-order chi connectivity index (χ0) is 20.3. The van der Waals surface area contributed by atoms with Gasteiger partial charge >= 0.3 is 6.18 Å². The largest absolute Gasteiger partial charge is 0.388 e. The molecule has 0 spiro atoms. The van der Waals surface area contributed by atoms with E-state index in [0.717, 1.165) is 5.19 Å². The second-order valence-electron chi connectivity index (χ2n) is 7.67. The Kier molecular flexibility index (Phi) is 5.96. The molecule has 0 fully saturated rings. The van der Waals surface area contributed by atoms with E-state index in [1.165, 1.54) is 10.4 Å². The van der Waals surface area contributed by atoms with Gasteiger partial charge in [-0.15, -0.1) is 0 Å². The summed E-state index contributed by atoms with van der Waals surface area (Å²) in [6.45, 7) is 4.44. The maximum atomic E-state index is 13.3. The highest BCUT2D eigenvalue weighted by Crippen LogP contribution is 2.31. The summed E-state index contributed by atoms with van der Waals surface area (Å²) in [5.41, 5.74) is 0. The highest BCUT2D eigenvalue weighted by Gasteiger charge is 2.52. The summed E-state index contributed by atoms with van der Waals surface area (Å²) in [6.07, 6.45) is -4.88. The van der Waals surface area contributed by atoms with Crippen molar-refractivity contribution in [1.82, 2.24) is 0 Å². The summed E-state index contributed by atoms with van der Waals surface area (Å²) in [5.74, 6) is 0. The maximum absolute atomic E-state index is 13.3. The van der Waals surface area contributed by atoms with Gasteiger partial charge in [-0.1, -0.05) is 120 Å². The Bertz CT molecular complexity index is 840. The van der Waals surface area contributed by atoms with Crippen LogP contribution in [-0.2, 0) is 0 Å². The smallest absolute Gasteiger partial charge is 0.171 e. The summed E-state index contributed by atoms with van der Waals surface area (Å²) >= 11 is 0. The zero-order valence-electron chi connectivity index (χ0n) is 16.2. The van der Waals surface area contributed by atoms with Crippen LogP contribution in [0.4, 0.5) is 13.2 Å². The zero-order valence-corrected chi connectivity index (χ0v) is 18.2. The van der Waals surface area contributed by atoms with Crippen LogP contribution in [0.1, 0.15) is 6.42 Å². The third-order valence-electron chi connectivity index (χ3n) is 6.13. The van der Waals surface area contributed by atoms with Crippen LogP contribution in [0, 0.1) is 0 Å². The number of halogens is 3. The molecule has 0 aliphatic heterocycles. The van der Waals surface area contributed by atoms with Crippen LogP contribution in [0.3, 0.4) is 0 Å². The highest BCUT2D eigenvalue weighted by molar-refractivity contribution is 7.55. The first-order valence-corrected chi connectivity index (χ1v) is 15.7. The van der Waals surface area contributed by atoms with Crippen molar-refractivity contribution in [2.75, 3.05) is 0 Å². The molecule has 3 aromatic rings. The van der Waals surface area contributed by atoms with Gasteiger partial charge in [-0.2, -0.15) is 13.2 Å².